The number of hydrogen-bond acceptors (Lipinski definition) is 3. The Bertz CT molecular complexity index is 307. The third-order valence-corrected chi connectivity index (χ3v) is 1.05. The zero-order valence-corrected chi connectivity index (χ0v) is 5.38. The van der Waals surface area contributed by atoms with Crippen LogP contribution >= 0.6 is 0 Å². The standard InChI is InChI=1S/C5H5BN2O2/c1-2-7-4(9)3(6)5(10)8-2/h1H3,(H2,7,8,9,10). The van der Waals surface area contributed by atoms with Crippen molar-refractivity contribution in [2.24, 2.45) is 0 Å². The summed E-state index contributed by atoms with van der Waals surface area (Å²) in [6, 6.07) is 0. The number of aromatic nitrogens is 2. The fourth-order valence-electron chi connectivity index (χ4n) is 0.580. The normalized spacial score (nSPS) is 9.70. The smallest absolute Gasteiger partial charge is 0.247 e. The van der Waals surface area contributed by atoms with Gasteiger partial charge in [-0.2, -0.15) is 0 Å². The minimum absolute atomic E-state index is 0.245. The number of nitrogens with zero attached hydrogens (tertiary/aromatic N) is 1. The average Bonchev–Trinajstić information content (AvgIpc) is 1.82. The summed E-state index contributed by atoms with van der Waals surface area (Å²) in [5.74, 6) is -0.0713. The minimum atomic E-state index is -0.509. The molecule has 0 fully saturated rings. The summed E-state index contributed by atoms with van der Waals surface area (Å²) in [6.45, 7) is 1.56. The van der Waals surface area contributed by atoms with Crippen LogP contribution in [0.4, 0.5) is 0 Å². The maximum atomic E-state index is 10.7. The van der Waals surface area contributed by atoms with Crippen molar-refractivity contribution in [1.29, 1.82) is 0 Å². The molecule has 10 heavy (non-hydrogen) atoms. The van der Waals surface area contributed by atoms with Gasteiger partial charge in [-0.25, -0.2) is 4.98 Å². The van der Waals surface area contributed by atoms with Gasteiger partial charge in [-0.15, -0.1) is 0 Å². The van der Waals surface area contributed by atoms with Crippen LogP contribution in [0.1, 0.15) is 5.82 Å². The van der Waals surface area contributed by atoms with Crippen molar-refractivity contribution in [2.45, 2.75) is 6.92 Å². The molecule has 0 atom stereocenters. The van der Waals surface area contributed by atoms with E-state index < -0.39 is 11.4 Å². The van der Waals surface area contributed by atoms with Crippen LogP contribution in [0.2, 0.25) is 0 Å². The number of nitrogens with one attached hydrogen (secondary N) is 1. The van der Waals surface area contributed by atoms with E-state index >= 15 is 0 Å². The Morgan fingerprint density at radius 3 is 2.80 bits per heavy atom. The first-order valence-electron chi connectivity index (χ1n) is 2.66. The van der Waals surface area contributed by atoms with Crippen LogP contribution in [0.3, 0.4) is 0 Å². The van der Waals surface area contributed by atoms with E-state index in [1.165, 1.54) is 0 Å². The van der Waals surface area contributed by atoms with Gasteiger partial charge in [0.15, 0.2) is 0 Å². The molecule has 0 aromatic carbocycles. The van der Waals surface area contributed by atoms with Crippen molar-refractivity contribution >= 4 is 13.3 Å². The van der Waals surface area contributed by atoms with E-state index in [1.807, 2.05) is 0 Å². The summed E-state index contributed by atoms with van der Waals surface area (Å²) in [7, 11) is 5.09. The van der Waals surface area contributed by atoms with Gasteiger partial charge in [-0.05, 0) is 6.92 Å². The van der Waals surface area contributed by atoms with Gasteiger partial charge in [0.1, 0.15) is 13.7 Å². The highest BCUT2D eigenvalue weighted by Gasteiger charge is 2.00. The molecule has 1 heterocycles. The fourth-order valence-corrected chi connectivity index (χ4v) is 0.580. The molecule has 1 rings (SSSR count). The van der Waals surface area contributed by atoms with E-state index in [1.54, 1.807) is 6.92 Å². The Balaban J connectivity index is 3.46. The molecule has 2 radical (unpaired) electrons. The van der Waals surface area contributed by atoms with E-state index in [-0.39, 0.29) is 5.46 Å². The number of rotatable bonds is 0. The van der Waals surface area contributed by atoms with Gasteiger partial charge < -0.3 is 10.1 Å². The molecular formula is C5H5BN2O2. The largest absolute Gasteiger partial charge is 0.494 e. The summed E-state index contributed by atoms with van der Waals surface area (Å²) in [5.41, 5.74) is -0.754. The molecule has 0 saturated carbocycles. The minimum Gasteiger partial charge on any atom is -0.494 e. The van der Waals surface area contributed by atoms with E-state index in [0.717, 1.165) is 0 Å². The Morgan fingerprint density at radius 1 is 1.70 bits per heavy atom. The highest BCUT2D eigenvalue weighted by molar-refractivity contribution is 6.33. The second kappa shape index (κ2) is 2.17. The van der Waals surface area contributed by atoms with Crippen LogP contribution in [0.15, 0.2) is 4.79 Å². The lowest BCUT2D eigenvalue weighted by Crippen LogP contribution is -2.29. The van der Waals surface area contributed by atoms with Gasteiger partial charge in [0, 0.05) is 5.46 Å². The second-order valence-electron chi connectivity index (χ2n) is 1.89. The van der Waals surface area contributed by atoms with Crippen molar-refractivity contribution < 1.29 is 5.11 Å². The molecule has 2 N–H and O–H groups in total. The molecule has 4 nitrogen and oxygen atoms in total. The zero-order valence-electron chi connectivity index (χ0n) is 5.38. The van der Waals surface area contributed by atoms with Crippen molar-refractivity contribution in [1.82, 2.24) is 9.97 Å². The Kier molecular flexibility index (Phi) is 1.49. The van der Waals surface area contributed by atoms with Gasteiger partial charge in [0.25, 0.3) is 0 Å². The van der Waals surface area contributed by atoms with Crippen molar-refractivity contribution in [3.63, 3.8) is 0 Å². The molecule has 0 amide bonds. The van der Waals surface area contributed by atoms with Crippen molar-refractivity contribution in [3.05, 3.63) is 16.2 Å². The van der Waals surface area contributed by atoms with Gasteiger partial charge >= 0.3 is 0 Å². The number of hydrogen-bond donors (Lipinski definition) is 2. The molecule has 50 valence electrons. The molecule has 0 spiro atoms. The molecule has 0 aliphatic carbocycles. The highest BCUT2D eigenvalue weighted by Crippen LogP contribution is 1.91. The van der Waals surface area contributed by atoms with Crippen LogP contribution in [-0.2, 0) is 0 Å². The van der Waals surface area contributed by atoms with Gasteiger partial charge in [-0.3, -0.25) is 4.79 Å². The van der Waals surface area contributed by atoms with E-state index in [2.05, 4.69) is 9.97 Å². The zero-order chi connectivity index (χ0) is 7.72. The lowest BCUT2D eigenvalue weighted by atomic mass is 9.99. The molecule has 1 aromatic rings. The Hall–Kier alpha value is -1.26. The molecule has 5 heteroatoms. The third-order valence-electron chi connectivity index (χ3n) is 1.05. The monoisotopic (exact) mass is 136 g/mol. The topological polar surface area (TPSA) is 66.0 Å². The van der Waals surface area contributed by atoms with Crippen LogP contribution < -0.4 is 11.0 Å². The third kappa shape index (κ3) is 1.02. The molecular weight excluding hydrogens is 131 g/mol. The number of aryl methyl sites for hydroxylation is 1. The Morgan fingerprint density at radius 2 is 2.30 bits per heavy atom. The van der Waals surface area contributed by atoms with Crippen LogP contribution in [0.5, 0.6) is 5.88 Å². The number of H-pyrrole nitrogens is 1. The highest BCUT2D eigenvalue weighted by atomic mass is 16.3. The van der Waals surface area contributed by atoms with E-state index in [4.69, 9.17) is 13.0 Å². The molecule has 0 aliphatic rings. The second-order valence-corrected chi connectivity index (χ2v) is 1.89. The molecule has 0 aliphatic heterocycles. The lowest BCUT2D eigenvalue weighted by Gasteiger charge is -1.96. The first-order chi connectivity index (χ1) is 4.61. The molecule has 1 aromatic heterocycles. The number of aromatic amines is 1. The number of aromatic hydroxyl groups is 1. The van der Waals surface area contributed by atoms with Gasteiger partial charge in [-0.1, -0.05) is 0 Å². The van der Waals surface area contributed by atoms with Crippen molar-refractivity contribution in [2.75, 3.05) is 0 Å². The maximum Gasteiger partial charge on any atom is 0.247 e. The maximum absolute atomic E-state index is 10.7. The summed E-state index contributed by atoms with van der Waals surface area (Å²) in [6.07, 6.45) is 0. The summed E-state index contributed by atoms with van der Waals surface area (Å²) in [4.78, 5) is 16.5. The van der Waals surface area contributed by atoms with Crippen molar-refractivity contribution in [3.8, 4) is 5.88 Å². The van der Waals surface area contributed by atoms with Crippen LogP contribution in [-0.4, -0.2) is 22.9 Å². The molecule has 0 unspecified atom stereocenters. The summed E-state index contributed by atoms with van der Waals surface area (Å²) in [5, 5.41) is 8.82. The van der Waals surface area contributed by atoms with Gasteiger partial charge in [0.05, 0.1) is 0 Å². The van der Waals surface area contributed by atoms with Gasteiger partial charge in [0.2, 0.25) is 11.4 Å². The quantitative estimate of drug-likeness (QED) is 0.430. The summed E-state index contributed by atoms with van der Waals surface area (Å²) >= 11 is 0. The fraction of sp³-hybridized carbons (Fsp3) is 0.200. The predicted octanol–water partition coefficient (Wildman–Crippen LogP) is -1.42. The predicted molar refractivity (Wildman–Crippen MR) is 36.6 cm³/mol. The lowest BCUT2D eigenvalue weighted by molar-refractivity contribution is 0.454. The summed E-state index contributed by atoms with van der Waals surface area (Å²) < 4.78 is 0. The van der Waals surface area contributed by atoms with E-state index in [0.29, 0.717) is 5.82 Å². The van der Waals surface area contributed by atoms with Crippen LogP contribution in [0, 0.1) is 6.92 Å². The average molecular weight is 136 g/mol. The Labute approximate surface area is 58.3 Å². The molecule has 0 saturated heterocycles. The first-order valence-corrected chi connectivity index (χ1v) is 2.66. The molecule has 0 bridgehead atoms. The SMILES string of the molecule is [B]c1c(O)nc(C)[nH]c1=O. The first kappa shape index (κ1) is 6.86. The van der Waals surface area contributed by atoms with E-state index in [9.17, 15) is 4.79 Å². The van der Waals surface area contributed by atoms with Crippen LogP contribution in [0.25, 0.3) is 0 Å².